The van der Waals surface area contributed by atoms with E-state index >= 15 is 0 Å². The van der Waals surface area contributed by atoms with Crippen LogP contribution in [-0.4, -0.2) is 17.1 Å². The molecule has 0 spiro atoms. The van der Waals surface area contributed by atoms with E-state index in [1.54, 1.807) is 11.8 Å². The van der Waals surface area contributed by atoms with Crippen LogP contribution in [0.25, 0.3) is 0 Å². The van der Waals surface area contributed by atoms with E-state index in [9.17, 15) is 5.11 Å². The topological polar surface area (TPSA) is 20.2 Å². The molecule has 0 heterocycles. The molecule has 1 aromatic rings. The lowest BCUT2D eigenvalue weighted by Crippen LogP contribution is -2.09. The number of aliphatic hydroxyl groups excluding tert-OH is 1. The summed E-state index contributed by atoms with van der Waals surface area (Å²) in [6.45, 7) is 0. The van der Waals surface area contributed by atoms with E-state index in [4.69, 9.17) is 0 Å². The van der Waals surface area contributed by atoms with E-state index in [0.29, 0.717) is 0 Å². The van der Waals surface area contributed by atoms with Gasteiger partial charge in [-0.3, -0.25) is 0 Å². The summed E-state index contributed by atoms with van der Waals surface area (Å²) >= 11 is 1.69. The van der Waals surface area contributed by atoms with Crippen molar-refractivity contribution in [2.45, 2.75) is 31.3 Å². The highest BCUT2D eigenvalue weighted by Crippen LogP contribution is 2.37. The van der Waals surface area contributed by atoms with Crippen LogP contribution in [0.4, 0.5) is 0 Å². The molecule has 82 valence electrons. The molecule has 1 atom stereocenters. The van der Waals surface area contributed by atoms with Gasteiger partial charge in [-0.05, 0) is 36.1 Å². The molecule has 1 nitrogen and oxygen atoms in total. The second kappa shape index (κ2) is 5.04. The fraction of sp³-hybridized carbons (Fsp3) is 0.538. The molecule has 0 radical (unpaired) electrons. The molecule has 1 fully saturated rings. The third kappa shape index (κ3) is 2.56. The van der Waals surface area contributed by atoms with Crippen LogP contribution in [0.15, 0.2) is 24.3 Å². The minimum absolute atomic E-state index is 0.306. The molecular weight excluding hydrogens is 204 g/mol. The van der Waals surface area contributed by atoms with Crippen molar-refractivity contribution >= 4 is 11.8 Å². The Labute approximate surface area is 95.9 Å². The summed E-state index contributed by atoms with van der Waals surface area (Å²) in [6, 6.07) is 8.49. The zero-order valence-electron chi connectivity index (χ0n) is 9.15. The van der Waals surface area contributed by atoms with Gasteiger partial charge in [-0.2, -0.15) is 11.8 Å². The molecule has 15 heavy (non-hydrogen) atoms. The Morgan fingerprint density at radius 2 is 2.27 bits per heavy atom. The van der Waals surface area contributed by atoms with Crippen molar-refractivity contribution in [1.29, 1.82) is 0 Å². The lowest BCUT2D eigenvalue weighted by Gasteiger charge is -2.26. The van der Waals surface area contributed by atoms with Gasteiger partial charge in [0.05, 0.1) is 6.10 Å². The lowest BCUT2D eigenvalue weighted by molar-refractivity contribution is 0.204. The Hall–Kier alpha value is -0.470. The van der Waals surface area contributed by atoms with E-state index in [-0.39, 0.29) is 6.10 Å². The molecule has 0 saturated heterocycles. The fourth-order valence-electron chi connectivity index (χ4n) is 2.02. The van der Waals surface area contributed by atoms with Crippen LogP contribution < -0.4 is 0 Å². The molecule has 2 heteroatoms. The first-order valence-electron chi connectivity index (χ1n) is 5.58. The summed E-state index contributed by atoms with van der Waals surface area (Å²) in [7, 11) is 0. The van der Waals surface area contributed by atoms with Crippen LogP contribution in [0.5, 0.6) is 0 Å². The highest BCUT2D eigenvalue weighted by atomic mass is 32.2. The Balaban J connectivity index is 2.10. The summed E-state index contributed by atoms with van der Waals surface area (Å²) in [6.07, 6.45) is 5.73. The monoisotopic (exact) mass is 222 g/mol. The molecule has 1 saturated carbocycles. The SMILES string of the molecule is CSCC(O)c1cccc(C2CCC2)c1. The fourth-order valence-corrected chi connectivity index (χ4v) is 2.52. The van der Waals surface area contributed by atoms with E-state index < -0.39 is 0 Å². The van der Waals surface area contributed by atoms with Crippen molar-refractivity contribution < 1.29 is 5.11 Å². The first kappa shape index (κ1) is 11.0. The molecule has 1 unspecified atom stereocenters. The summed E-state index contributed by atoms with van der Waals surface area (Å²) in [5.74, 6) is 1.54. The molecule has 0 amide bonds. The van der Waals surface area contributed by atoms with Gasteiger partial charge in [0, 0.05) is 5.75 Å². The summed E-state index contributed by atoms with van der Waals surface area (Å²) in [5, 5.41) is 9.90. The van der Waals surface area contributed by atoms with Gasteiger partial charge in [-0.15, -0.1) is 0 Å². The molecule has 0 bridgehead atoms. The van der Waals surface area contributed by atoms with Crippen LogP contribution >= 0.6 is 11.8 Å². The maximum atomic E-state index is 9.90. The van der Waals surface area contributed by atoms with Crippen molar-refractivity contribution in [2.24, 2.45) is 0 Å². The van der Waals surface area contributed by atoms with Gasteiger partial charge < -0.3 is 5.11 Å². The number of aliphatic hydroxyl groups is 1. The van der Waals surface area contributed by atoms with Crippen LogP contribution in [0.1, 0.15) is 42.4 Å². The molecule has 1 N–H and O–H groups in total. The minimum atomic E-state index is -0.306. The second-order valence-electron chi connectivity index (χ2n) is 4.27. The molecule has 0 aliphatic heterocycles. The molecule has 2 rings (SSSR count). The van der Waals surface area contributed by atoms with Crippen molar-refractivity contribution in [3.8, 4) is 0 Å². The largest absolute Gasteiger partial charge is 0.388 e. The molecule has 1 aromatic carbocycles. The molecule has 1 aliphatic rings. The maximum absolute atomic E-state index is 9.90. The van der Waals surface area contributed by atoms with Crippen molar-refractivity contribution in [3.63, 3.8) is 0 Å². The van der Waals surface area contributed by atoms with E-state index in [2.05, 4.69) is 18.2 Å². The molecule has 0 aromatic heterocycles. The van der Waals surface area contributed by atoms with Gasteiger partial charge in [0.25, 0.3) is 0 Å². The van der Waals surface area contributed by atoms with Gasteiger partial charge >= 0.3 is 0 Å². The Morgan fingerprint density at radius 1 is 1.47 bits per heavy atom. The van der Waals surface area contributed by atoms with E-state index in [0.717, 1.165) is 17.2 Å². The average molecular weight is 222 g/mol. The number of rotatable bonds is 4. The van der Waals surface area contributed by atoms with Crippen molar-refractivity contribution in [2.75, 3.05) is 12.0 Å². The van der Waals surface area contributed by atoms with Crippen molar-refractivity contribution in [1.82, 2.24) is 0 Å². The highest BCUT2D eigenvalue weighted by molar-refractivity contribution is 7.98. The summed E-state index contributed by atoms with van der Waals surface area (Å²) in [5.41, 5.74) is 2.49. The zero-order valence-corrected chi connectivity index (χ0v) is 9.96. The van der Waals surface area contributed by atoms with E-state index in [1.807, 2.05) is 12.3 Å². The highest BCUT2D eigenvalue weighted by Gasteiger charge is 2.20. The molecular formula is C13H18OS. The predicted octanol–water partition coefficient (Wildman–Crippen LogP) is 3.35. The minimum Gasteiger partial charge on any atom is -0.388 e. The second-order valence-corrected chi connectivity index (χ2v) is 5.18. The first-order valence-corrected chi connectivity index (χ1v) is 6.97. The zero-order chi connectivity index (χ0) is 10.7. The van der Waals surface area contributed by atoms with Gasteiger partial charge in [-0.25, -0.2) is 0 Å². The van der Waals surface area contributed by atoms with Gasteiger partial charge in [0.15, 0.2) is 0 Å². The lowest BCUT2D eigenvalue weighted by atomic mass is 9.79. The maximum Gasteiger partial charge on any atom is 0.0880 e. The summed E-state index contributed by atoms with van der Waals surface area (Å²) < 4.78 is 0. The van der Waals surface area contributed by atoms with Gasteiger partial charge in [0.2, 0.25) is 0 Å². The number of benzene rings is 1. The number of thioether (sulfide) groups is 1. The third-order valence-corrected chi connectivity index (χ3v) is 3.85. The standard InChI is InChI=1S/C13H18OS/c1-15-9-13(14)12-7-3-6-11(8-12)10-4-2-5-10/h3,6-8,10,13-14H,2,4-5,9H2,1H3. The third-order valence-electron chi connectivity index (χ3n) is 3.20. The smallest absolute Gasteiger partial charge is 0.0880 e. The normalized spacial score (nSPS) is 18.5. The predicted molar refractivity (Wildman–Crippen MR) is 66.4 cm³/mol. The first-order chi connectivity index (χ1) is 7.31. The van der Waals surface area contributed by atoms with E-state index in [1.165, 1.54) is 24.8 Å². The Kier molecular flexibility index (Phi) is 3.71. The Morgan fingerprint density at radius 3 is 2.87 bits per heavy atom. The average Bonchev–Trinajstić information content (AvgIpc) is 2.16. The number of hydrogen-bond acceptors (Lipinski definition) is 2. The van der Waals surface area contributed by atoms with Gasteiger partial charge in [-0.1, -0.05) is 30.7 Å². The van der Waals surface area contributed by atoms with Gasteiger partial charge in [0.1, 0.15) is 0 Å². The van der Waals surface area contributed by atoms with Crippen LogP contribution in [0, 0.1) is 0 Å². The van der Waals surface area contributed by atoms with Crippen molar-refractivity contribution in [3.05, 3.63) is 35.4 Å². The number of hydrogen-bond donors (Lipinski definition) is 1. The molecule has 1 aliphatic carbocycles. The van der Waals surface area contributed by atoms with Crippen LogP contribution in [-0.2, 0) is 0 Å². The van der Waals surface area contributed by atoms with Crippen LogP contribution in [0.2, 0.25) is 0 Å². The quantitative estimate of drug-likeness (QED) is 0.843. The summed E-state index contributed by atoms with van der Waals surface area (Å²) in [4.78, 5) is 0. The van der Waals surface area contributed by atoms with Crippen LogP contribution in [0.3, 0.4) is 0 Å². The Bertz CT molecular complexity index is 320.